The number of ether oxygens (including phenoxy) is 2. The van der Waals surface area contributed by atoms with Gasteiger partial charge in [-0.1, -0.05) is 45.7 Å². The summed E-state index contributed by atoms with van der Waals surface area (Å²) in [6.07, 6.45) is 1.62. The molecule has 3 rings (SSSR count). The SMILES string of the molecule is CC[C@H](C)c1nc2ccc(Br)cc2c(=O)n1N=Cc1cc(Br)cc([N+](=O)[O-])c1OCC(=O)OC(C)C. The Morgan fingerprint density at radius 3 is 2.58 bits per heavy atom. The predicted octanol–water partition coefficient (Wildman–Crippen LogP) is 5.56. The summed E-state index contributed by atoms with van der Waals surface area (Å²) in [6, 6.07) is 8.01. The van der Waals surface area contributed by atoms with Gasteiger partial charge in [0.25, 0.3) is 5.56 Å². The van der Waals surface area contributed by atoms with E-state index in [9.17, 15) is 19.7 Å². The van der Waals surface area contributed by atoms with Gasteiger partial charge in [-0.2, -0.15) is 9.78 Å². The van der Waals surface area contributed by atoms with Crippen LogP contribution < -0.4 is 10.3 Å². The van der Waals surface area contributed by atoms with E-state index in [0.29, 0.717) is 32.1 Å². The molecule has 3 aromatic rings. The molecule has 0 bridgehead atoms. The second kappa shape index (κ2) is 11.7. The minimum absolute atomic E-state index is 0.0960. The Kier molecular flexibility index (Phi) is 8.96. The van der Waals surface area contributed by atoms with E-state index >= 15 is 0 Å². The number of rotatable bonds is 9. The van der Waals surface area contributed by atoms with Crippen LogP contribution in [0, 0.1) is 10.1 Å². The Labute approximate surface area is 223 Å². The third-order valence-electron chi connectivity index (χ3n) is 5.16. The average molecular weight is 624 g/mol. The maximum atomic E-state index is 13.4. The molecule has 12 heteroatoms. The molecule has 36 heavy (non-hydrogen) atoms. The normalized spacial score (nSPS) is 12.3. The number of nitro benzene ring substituents is 1. The molecule has 0 aliphatic carbocycles. The number of hydrogen-bond donors (Lipinski definition) is 0. The third-order valence-corrected chi connectivity index (χ3v) is 6.11. The lowest BCUT2D eigenvalue weighted by molar-refractivity contribution is -0.385. The second-order valence-electron chi connectivity index (χ2n) is 8.23. The average Bonchev–Trinajstić information content (AvgIpc) is 2.81. The molecule has 0 amide bonds. The molecular formula is C24H24Br2N4O6. The van der Waals surface area contributed by atoms with Crippen LogP contribution >= 0.6 is 31.9 Å². The first-order valence-corrected chi connectivity index (χ1v) is 12.7. The summed E-state index contributed by atoms with van der Waals surface area (Å²) < 4.78 is 12.9. The minimum atomic E-state index is -0.676. The van der Waals surface area contributed by atoms with E-state index in [1.54, 1.807) is 38.1 Å². The number of carbonyl (C=O) groups excluding carboxylic acids is 1. The molecule has 0 fully saturated rings. The summed E-state index contributed by atoms with van der Waals surface area (Å²) in [7, 11) is 0. The molecule has 0 saturated carbocycles. The van der Waals surface area contributed by atoms with Gasteiger partial charge in [-0.25, -0.2) is 9.78 Å². The van der Waals surface area contributed by atoms with E-state index in [-0.39, 0.29) is 34.6 Å². The zero-order valence-electron chi connectivity index (χ0n) is 20.0. The monoisotopic (exact) mass is 622 g/mol. The summed E-state index contributed by atoms with van der Waals surface area (Å²) in [4.78, 5) is 41.1. The quantitative estimate of drug-likeness (QED) is 0.132. The molecule has 1 aromatic heterocycles. The highest BCUT2D eigenvalue weighted by Gasteiger charge is 2.22. The maximum Gasteiger partial charge on any atom is 0.344 e. The number of halogens is 2. The molecule has 190 valence electrons. The van der Waals surface area contributed by atoms with Crippen LogP contribution in [0.3, 0.4) is 0 Å². The van der Waals surface area contributed by atoms with E-state index in [4.69, 9.17) is 9.47 Å². The molecule has 0 aliphatic heterocycles. The van der Waals surface area contributed by atoms with Crippen LogP contribution in [-0.2, 0) is 9.53 Å². The molecule has 0 spiro atoms. The van der Waals surface area contributed by atoms with Crippen LogP contribution in [0.1, 0.15) is 51.4 Å². The predicted molar refractivity (Wildman–Crippen MR) is 143 cm³/mol. The fourth-order valence-corrected chi connectivity index (χ4v) is 4.14. The van der Waals surface area contributed by atoms with E-state index in [2.05, 4.69) is 41.9 Å². The second-order valence-corrected chi connectivity index (χ2v) is 10.1. The van der Waals surface area contributed by atoms with Crippen LogP contribution in [-0.4, -0.2) is 39.5 Å². The molecule has 0 N–H and O–H groups in total. The fourth-order valence-electron chi connectivity index (χ4n) is 3.32. The zero-order chi connectivity index (χ0) is 26.6. The lowest BCUT2D eigenvalue weighted by atomic mass is 10.1. The van der Waals surface area contributed by atoms with E-state index in [1.807, 2.05) is 13.8 Å². The van der Waals surface area contributed by atoms with Crippen molar-refractivity contribution in [2.24, 2.45) is 5.10 Å². The number of carbonyl (C=O) groups is 1. The molecule has 0 aliphatic rings. The van der Waals surface area contributed by atoms with Crippen molar-refractivity contribution in [2.45, 2.75) is 46.1 Å². The topological polar surface area (TPSA) is 126 Å². The van der Waals surface area contributed by atoms with Crippen molar-refractivity contribution < 1.29 is 19.2 Å². The van der Waals surface area contributed by atoms with Gasteiger partial charge >= 0.3 is 11.7 Å². The lowest BCUT2D eigenvalue weighted by Gasteiger charge is -2.14. The molecule has 2 aromatic carbocycles. The Morgan fingerprint density at radius 2 is 1.94 bits per heavy atom. The van der Waals surface area contributed by atoms with Crippen molar-refractivity contribution in [2.75, 3.05) is 6.61 Å². The van der Waals surface area contributed by atoms with Crippen molar-refractivity contribution >= 4 is 60.6 Å². The van der Waals surface area contributed by atoms with Crippen LogP contribution in [0.5, 0.6) is 5.75 Å². The number of esters is 1. The van der Waals surface area contributed by atoms with Gasteiger partial charge in [0.2, 0.25) is 5.75 Å². The first-order valence-electron chi connectivity index (χ1n) is 11.1. The summed E-state index contributed by atoms with van der Waals surface area (Å²) in [6.45, 7) is 6.72. The van der Waals surface area contributed by atoms with Crippen molar-refractivity contribution in [3.63, 3.8) is 0 Å². The van der Waals surface area contributed by atoms with Gasteiger partial charge in [0.15, 0.2) is 6.61 Å². The highest BCUT2D eigenvalue weighted by atomic mass is 79.9. The van der Waals surface area contributed by atoms with Crippen LogP contribution in [0.4, 0.5) is 5.69 Å². The van der Waals surface area contributed by atoms with Gasteiger partial charge in [-0.3, -0.25) is 14.9 Å². The Morgan fingerprint density at radius 1 is 1.22 bits per heavy atom. The van der Waals surface area contributed by atoms with Gasteiger partial charge in [0.1, 0.15) is 5.82 Å². The number of aromatic nitrogens is 2. The van der Waals surface area contributed by atoms with Crippen molar-refractivity contribution in [1.82, 2.24) is 9.66 Å². The highest BCUT2D eigenvalue weighted by molar-refractivity contribution is 9.10. The van der Waals surface area contributed by atoms with Crippen LogP contribution in [0.15, 0.2) is 49.2 Å². The fraction of sp³-hybridized carbons (Fsp3) is 0.333. The van der Waals surface area contributed by atoms with Gasteiger partial charge in [-0.05, 0) is 44.5 Å². The smallest absolute Gasteiger partial charge is 0.344 e. The largest absolute Gasteiger partial charge is 0.474 e. The molecule has 0 radical (unpaired) electrons. The molecule has 1 atom stereocenters. The highest BCUT2D eigenvalue weighted by Crippen LogP contribution is 2.34. The standard InChI is InChI=1S/C24H24Br2N4O6/c1-5-14(4)23-28-19-7-6-16(25)9-18(19)24(32)29(23)27-11-15-8-17(26)10-20(30(33)34)22(15)35-12-21(31)36-13(2)3/h6-11,13-14H,5,12H2,1-4H3/t14-/m0/s1. The maximum absolute atomic E-state index is 13.4. The van der Waals surface area contributed by atoms with Gasteiger partial charge in [0, 0.05) is 26.5 Å². The molecule has 1 heterocycles. The number of benzene rings is 2. The number of nitrogens with zero attached hydrogens (tertiary/aromatic N) is 4. The van der Waals surface area contributed by atoms with Gasteiger partial charge in [0.05, 0.1) is 28.1 Å². The summed E-state index contributed by atoms with van der Waals surface area (Å²) in [5.41, 5.74) is -0.0425. The zero-order valence-corrected chi connectivity index (χ0v) is 23.2. The van der Waals surface area contributed by atoms with Crippen molar-refractivity contribution in [1.29, 1.82) is 0 Å². The summed E-state index contributed by atoms with van der Waals surface area (Å²) in [5, 5.41) is 16.4. The van der Waals surface area contributed by atoms with E-state index in [1.165, 1.54) is 17.0 Å². The third kappa shape index (κ3) is 6.35. The summed E-state index contributed by atoms with van der Waals surface area (Å²) >= 11 is 6.63. The molecule has 10 nitrogen and oxygen atoms in total. The Balaban J connectivity index is 2.15. The number of hydrogen-bond acceptors (Lipinski definition) is 8. The van der Waals surface area contributed by atoms with Crippen molar-refractivity contribution in [3.05, 3.63) is 71.1 Å². The molecule has 0 unspecified atom stereocenters. The molecule has 0 saturated heterocycles. The lowest BCUT2D eigenvalue weighted by Crippen LogP contribution is -2.24. The number of fused-ring (bicyclic) bond motifs is 1. The Bertz CT molecular complexity index is 1400. The first kappa shape index (κ1) is 27.5. The summed E-state index contributed by atoms with van der Waals surface area (Å²) in [5.74, 6) is -0.505. The minimum Gasteiger partial charge on any atom is -0.474 e. The van der Waals surface area contributed by atoms with Crippen LogP contribution in [0.25, 0.3) is 10.9 Å². The van der Waals surface area contributed by atoms with Crippen molar-refractivity contribution in [3.8, 4) is 5.75 Å². The van der Waals surface area contributed by atoms with E-state index < -0.39 is 17.5 Å². The molecular weight excluding hydrogens is 600 g/mol. The van der Waals surface area contributed by atoms with Gasteiger partial charge < -0.3 is 9.47 Å². The number of nitro groups is 1. The van der Waals surface area contributed by atoms with Gasteiger partial charge in [-0.15, -0.1) is 0 Å². The Hall–Kier alpha value is -3.12. The first-order chi connectivity index (χ1) is 17.0. The van der Waals surface area contributed by atoms with E-state index in [0.717, 1.165) is 0 Å². The van der Waals surface area contributed by atoms with Crippen LogP contribution in [0.2, 0.25) is 0 Å².